The highest BCUT2D eigenvalue weighted by molar-refractivity contribution is 8.01. The van der Waals surface area contributed by atoms with E-state index in [-0.39, 0.29) is 11.8 Å². The van der Waals surface area contributed by atoms with Gasteiger partial charge in [-0.2, -0.15) is 0 Å². The third-order valence-electron chi connectivity index (χ3n) is 5.17. The van der Waals surface area contributed by atoms with Gasteiger partial charge in [0.15, 0.2) is 4.87 Å². The highest BCUT2D eigenvalue weighted by Crippen LogP contribution is 2.54. The molecule has 0 aliphatic carbocycles. The Labute approximate surface area is 158 Å². The summed E-state index contributed by atoms with van der Waals surface area (Å²) in [5.41, 5.74) is 4.15. The zero-order valence-corrected chi connectivity index (χ0v) is 15.9. The van der Waals surface area contributed by atoms with Gasteiger partial charge in [0.25, 0.3) is 5.91 Å². The van der Waals surface area contributed by atoms with Gasteiger partial charge in [-0.3, -0.25) is 9.59 Å². The van der Waals surface area contributed by atoms with Gasteiger partial charge in [0, 0.05) is 24.3 Å². The molecule has 0 radical (unpaired) electrons. The minimum atomic E-state index is -0.894. The van der Waals surface area contributed by atoms with E-state index in [4.69, 9.17) is 0 Å². The van der Waals surface area contributed by atoms with Crippen molar-refractivity contribution in [2.45, 2.75) is 31.7 Å². The maximum Gasteiger partial charge on any atom is 0.268 e. The van der Waals surface area contributed by atoms with Crippen molar-refractivity contribution in [3.05, 3.63) is 65.2 Å². The van der Waals surface area contributed by atoms with E-state index in [0.717, 1.165) is 22.6 Å². The van der Waals surface area contributed by atoms with E-state index in [2.05, 4.69) is 31.2 Å². The van der Waals surface area contributed by atoms with E-state index in [9.17, 15) is 9.59 Å². The van der Waals surface area contributed by atoms with Crippen LogP contribution in [-0.2, 0) is 21.0 Å². The van der Waals surface area contributed by atoms with Crippen LogP contribution >= 0.6 is 11.8 Å². The Morgan fingerprint density at radius 1 is 1.15 bits per heavy atom. The predicted molar refractivity (Wildman–Crippen MR) is 105 cm³/mol. The van der Waals surface area contributed by atoms with Crippen LogP contribution in [0.5, 0.6) is 0 Å². The summed E-state index contributed by atoms with van der Waals surface area (Å²) in [6, 6.07) is 16.2. The van der Waals surface area contributed by atoms with E-state index >= 15 is 0 Å². The third-order valence-corrected chi connectivity index (χ3v) is 6.59. The number of thioether (sulfide) groups is 1. The summed E-state index contributed by atoms with van der Waals surface area (Å²) in [4.78, 5) is 28.9. The van der Waals surface area contributed by atoms with Crippen molar-refractivity contribution in [1.29, 1.82) is 0 Å². The zero-order chi connectivity index (χ0) is 18.3. The molecule has 0 saturated carbocycles. The number of hydrogen-bond acceptors (Lipinski definition) is 3. The van der Waals surface area contributed by atoms with Gasteiger partial charge in [-0.05, 0) is 18.6 Å². The smallest absolute Gasteiger partial charge is 0.268 e. The summed E-state index contributed by atoms with van der Waals surface area (Å²) in [7, 11) is 0. The molecule has 1 fully saturated rings. The maximum atomic E-state index is 13.6. The van der Waals surface area contributed by atoms with Crippen molar-refractivity contribution in [2.24, 2.45) is 0 Å². The van der Waals surface area contributed by atoms with Crippen LogP contribution in [0.3, 0.4) is 0 Å². The first kappa shape index (κ1) is 17.2. The highest BCUT2D eigenvalue weighted by atomic mass is 32.2. The zero-order valence-electron chi connectivity index (χ0n) is 15.1. The van der Waals surface area contributed by atoms with Gasteiger partial charge in [0.1, 0.15) is 0 Å². The van der Waals surface area contributed by atoms with Crippen molar-refractivity contribution >= 4 is 29.3 Å². The normalized spacial score (nSPS) is 21.5. The van der Waals surface area contributed by atoms with E-state index in [0.29, 0.717) is 19.5 Å². The van der Waals surface area contributed by atoms with Gasteiger partial charge in [-0.1, -0.05) is 55.0 Å². The van der Waals surface area contributed by atoms with E-state index in [1.54, 1.807) is 16.7 Å². The minimum absolute atomic E-state index is 0.00331. The number of amides is 2. The minimum Gasteiger partial charge on any atom is -0.315 e. The molecule has 0 bridgehead atoms. The second-order valence-corrected chi connectivity index (χ2v) is 8.07. The summed E-state index contributed by atoms with van der Waals surface area (Å²) in [6.07, 6.45) is 0.412. The molecule has 2 aromatic rings. The molecule has 5 heteroatoms. The number of rotatable bonds is 3. The van der Waals surface area contributed by atoms with Crippen molar-refractivity contribution in [2.75, 3.05) is 17.2 Å². The molecule has 4 rings (SSSR count). The second kappa shape index (κ2) is 6.47. The number of para-hydroxylation sites is 1. The molecule has 1 unspecified atom stereocenters. The van der Waals surface area contributed by atoms with Crippen molar-refractivity contribution in [3.63, 3.8) is 0 Å². The largest absolute Gasteiger partial charge is 0.315 e. The van der Waals surface area contributed by atoms with Crippen LogP contribution in [0.15, 0.2) is 48.5 Å². The Balaban J connectivity index is 1.78. The highest BCUT2D eigenvalue weighted by Gasteiger charge is 2.58. The third kappa shape index (κ3) is 2.45. The topological polar surface area (TPSA) is 40.6 Å². The molecule has 26 heavy (non-hydrogen) atoms. The van der Waals surface area contributed by atoms with Crippen LogP contribution in [0.1, 0.15) is 30.0 Å². The summed E-state index contributed by atoms with van der Waals surface area (Å²) in [6.45, 7) is 5.05. The van der Waals surface area contributed by atoms with Gasteiger partial charge in [-0.15, -0.1) is 11.8 Å². The fraction of sp³-hybridized carbons (Fsp3) is 0.333. The average Bonchev–Trinajstić information content (AvgIpc) is 3.20. The lowest BCUT2D eigenvalue weighted by molar-refractivity contribution is -0.139. The Kier molecular flexibility index (Phi) is 4.27. The van der Waals surface area contributed by atoms with E-state index in [1.807, 2.05) is 36.1 Å². The van der Waals surface area contributed by atoms with Gasteiger partial charge in [0.2, 0.25) is 5.91 Å². The van der Waals surface area contributed by atoms with Crippen LogP contribution in [-0.4, -0.2) is 29.0 Å². The molecule has 2 amide bonds. The van der Waals surface area contributed by atoms with E-state index in [1.165, 1.54) is 5.56 Å². The second-order valence-electron chi connectivity index (χ2n) is 6.79. The molecule has 1 spiro atoms. The number of aryl methyl sites for hydroxylation is 1. The molecule has 0 aromatic heterocycles. The van der Waals surface area contributed by atoms with Gasteiger partial charge < -0.3 is 9.80 Å². The van der Waals surface area contributed by atoms with Crippen LogP contribution in [0.25, 0.3) is 0 Å². The molecule has 1 atom stereocenters. The Morgan fingerprint density at radius 2 is 1.88 bits per heavy atom. The number of carbonyl (C=O) groups is 2. The quantitative estimate of drug-likeness (QED) is 0.832. The molecule has 134 valence electrons. The molecular formula is C21H22N2O2S. The molecule has 4 nitrogen and oxygen atoms in total. The SMILES string of the molecule is CCC(=O)N1CCSC12C(=O)N(Cc1ccc(C)cc1)c1ccccc12. The Bertz CT molecular complexity index is 865. The molecule has 2 heterocycles. The number of nitrogens with zero attached hydrogens (tertiary/aromatic N) is 2. The molecule has 2 aromatic carbocycles. The summed E-state index contributed by atoms with van der Waals surface area (Å²) < 4.78 is 0. The Morgan fingerprint density at radius 3 is 2.62 bits per heavy atom. The number of carbonyl (C=O) groups excluding carboxylic acids is 2. The number of benzene rings is 2. The lowest BCUT2D eigenvalue weighted by Gasteiger charge is -2.33. The standard InChI is InChI=1S/C21H22N2O2S/c1-3-19(24)23-12-13-26-21(23)17-6-4-5-7-18(17)22(20(21)25)14-16-10-8-15(2)9-11-16/h4-11H,3,12-14H2,1-2H3. The molecule has 2 aliphatic heterocycles. The fourth-order valence-corrected chi connectivity index (χ4v) is 5.33. The molecule has 2 aliphatic rings. The summed E-state index contributed by atoms with van der Waals surface area (Å²) >= 11 is 1.59. The maximum absolute atomic E-state index is 13.6. The monoisotopic (exact) mass is 366 g/mol. The van der Waals surface area contributed by atoms with Crippen molar-refractivity contribution in [1.82, 2.24) is 4.90 Å². The van der Waals surface area contributed by atoms with Gasteiger partial charge >= 0.3 is 0 Å². The predicted octanol–water partition coefficient (Wildman–Crippen LogP) is 3.68. The van der Waals surface area contributed by atoms with E-state index < -0.39 is 4.87 Å². The average molecular weight is 366 g/mol. The first-order valence-corrected chi connectivity index (χ1v) is 9.98. The molecular weight excluding hydrogens is 344 g/mol. The fourth-order valence-electron chi connectivity index (χ4n) is 3.85. The summed E-state index contributed by atoms with van der Waals surface area (Å²) in [5.74, 6) is 0.823. The van der Waals surface area contributed by atoms with Gasteiger partial charge in [-0.25, -0.2) is 0 Å². The number of fused-ring (bicyclic) bond motifs is 2. The van der Waals surface area contributed by atoms with Crippen LogP contribution < -0.4 is 4.90 Å². The van der Waals surface area contributed by atoms with Gasteiger partial charge in [0.05, 0.1) is 12.2 Å². The lowest BCUT2D eigenvalue weighted by atomic mass is 10.1. The van der Waals surface area contributed by atoms with Crippen LogP contribution in [0.2, 0.25) is 0 Å². The Hall–Kier alpha value is -2.27. The summed E-state index contributed by atoms with van der Waals surface area (Å²) in [5, 5.41) is 0. The molecule has 1 saturated heterocycles. The molecule has 0 N–H and O–H groups in total. The first-order chi connectivity index (χ1) is 12.6. The van der Waals surface area contributed by atoms with Crippen molar-refractivity contribution < 1.29 is 9.59 Å². The lowest BCUT2D eigenvalue weighted by Crippen LogP contribution is -2.50. The van der Waals surface area contributed by atoms with Crippen LogP contribution in [0, 0.1) is 6.92 Å². The van der Waals surface area contributed by atoms with Crippen molar-refractivity contribution in [3.8, 4) is 0 Å². The van der Waals surface area contributed by atoms with Crippen LogP contribution in [0.4, 0.5) is 5.69 Å². The first-order valence-electron chi connectivity index (χ1n) is 8.99. The number of hydrogen-bond donors (Lipinski definition) is 0. The number of anilines is 1.